The monoisotopic (exact) mass is 344 g/mol. The Kier molecular flexibility index (Phi) is 4.87. The van der Waals surface area contributed by atoms with Crippen molar-refractivity contribution < 1.29 is 8.94 Å². The molecule has 2 atom stereocenters. The van der Waals surface area contributed by atoms with Gasteiger partial charge >= 0.3 is 0 Å². The van der Waals surface area contributed by atoms with Gasteiger partial charge in [-0.25, -0.2) is 4.39 Å². The highest BCUT2D eigenvalue weighted by atomic mass is 35.5. The molecule has 0 amide bonds. The number of halogens is 2. The third-order valence-electron chi connectivity index (χ3n) is 3.22. The number of hydrogen-bond acceptors (Lipinski definition) is 3. The Labute approximate surface area is 136 Å². The van der Waals surface area contributed by atoms with E-state index in [4.69, 9.17) is 11.6 Å². The van der Waals surface area contributed by atoms with E-state index in [0.29, 0.717) is 16.5 Å². The van der Waals surface area contributed by atoms with E-state index in [1.807, 2.05) is 20.8 Å². The maximum Gasteiger partial charge on any atom is 0.253 e. The molecule has 22 heavy (non-hydrogen) atoms. The van der Waals surface area contributed by atoms with Gasteiger partial charge in [-0.1, -0.05) is 11.6 Å². The molecule has 0 aliphatic carbocycles. The van der Waals surface area contributed by atoms with E-state index in [9.17, 15) is 13.7 Å². The number of aromatic nitrogens is 1. The molecule has 0 saturated heterocycles. The molecule has 0 bridgehead atoms. The summed E-state index contributed by atoms with van der Waals surface area (Å²) >= 11 is 4.47. The fourth-order valence-corrected chi connectivity index (χ4v) is 2.91. The molecular formula is C15H18ClFN2O2S. The number of nitrogens with one attached hydrogen (secondary N) is 2. The number of rotatable bonds is 3. The molecule has 2 aromatic rings. The summed E-state index contributed by atoms with van der Waals surface area (Å²) < 4.78 is 28.0. The average Bonchev–Trinajstić information content (AvgIpc) is 2.38. The van der Waals surface area contributed by atoms with Crippen LogP contribution in [0.25, 0.3) is 10.9 Å². The fraction of sp³-hybridized carbons (Fsp3) is 0.400. The van der Waals surface area contributed by atoms with Crippen molar-refractivity contribution in [3.63, 3.8) is 0 Å². The third-order valence-corrected chi connectivity index (χ3v) is 5.19. The van der Waals surface area contributed by atoms with E-state index >= 15 is 0 Å². The van der Waals surface area contributed by atoms with Crippen molar-refractivity contribution in [3.05, 3.63) is 45.0 Å². The summed E-state index contributed by atoms with van der Waals surface area (Å²) in [4.78, 5) is 14.8. The molecular weight excluding hydrogens is 327 g/mol. The van der Waals surface area contributed by atoms with Crippen LogP contribution in [0.5, 0.6) is 0 Å². The lowest BCUT2D eigenvalue weighted by molar-refractivity contribution is 0.530. The number of benzene rings is 1. The highest BCUT2D eigenvalue weighted by Gasteiger charge is 2.29. The zero-order chi connectivity index (χ0) is 16.7. The van der Waals surface area contributed by atoms with Crippen LogP contribution in [0.4, 0.5) is 4.39 Å². The zero-order valence-corrected chi connectivity index (χ0v) is 14.4. The van der Waals surface area contributed by atoms with Gasteiger partial charge < -0.3 is 9.54 Å². The van der Waals surface area contributed by atoms with Gasteiger partial charge in [0.2, 0.25) is 0 Å². The Morgan fingerprint density at radius 2 is 2.00 bits per heavy atom. The van der Waals surface area contributed by atoms with E-state index in [2.05, 4.69) is 9.71 Å². The second-order valence-corrected chi connectivity index (χ2v) is 8.53. The molecule has 0 fully saturated rings. The van der Waals surface area contributed by atoms with E-state index in [-0.39, 0.29) is 10.6 Å². The summed E-state index contributed by atoms with van der Waals surface area (Å²) in [6.07, 6.45) is 0. The SMILES string of the molecule is CC(N[S@+]([O-])C(C)(C)C)c1cc2cc(Cl)c(F)cc2[nH]c1=O. The lowest BCUT2D eigenvalue weighted by atomic mass is 10.1. The van der Waals surface area contributed by atoms with Crippen molar-refractivity contribution in [1.29, 1.82) is 0 Å². The van der Waals surface area contributed by atoms with Crippen molar-refractivity contribution in [3.8, 4) is 0 Å². The van der Waals surface area contributed by atoms with Gasteiger partial charge in [-0.05, 0) is 45.9 Å². The van der Waals surface area contributed by atoms with Crippen LogP contribution >= 0.6 is 11.6 Å². The predicted octanol–water partition coefficient (Wildman–Crippen LogP) is 3.43. The van der Waals surface area contributed by atoms with Crippen LogP contribution in [-0.2, 0) is 11.4 Å². The van der Waals surface area contributed by atoms with Gasteiger partial charge in [-0.15, -0.1) is 4.72 Å². The molecule has 7 heteroatoms. The largest absolute Gasteiger partial charge is 0.598 e. The molecule has 120 valence electrons. The maximum atomic E-state index is 13.4. The van der Waals surface area contributed by atoms with Crippen molar-refractivity contribution in [1.82, 2.24) is 9.71 Å². The second-order valence-electron chi connectivity index (χ2n) is 6.13. The van der Waals surface area contributed by atoms with Crippen LogP contribution < -0.4 is 10.3 Å². The summed E-state index contributed by atoms with van der Waals surface area (Å²) in [7, 11) is 0. The maximum absolute atomic E-state index is 13.4. The molecule has 1 aromatic heterocycles. The van der Waals surface area contributed by atoms with Gasteiger partial charge in [-0.3, -0.25) is 4.79 Å². The summed E-state index contributed by atoms with van der Waals surface area (Å²) in [5.41, 5.74) is 0.452. The van der Waals surface area contributed by atoms with Crippen molar-refractivity contribution >= 4 is 33.9 Å². The second kappa shape index (κ2) is 6.20. The predicted molar refractivity (Wildman–Crippen MR) is 89.0 cm³/mol. The zero-order valence-electron chi connectivity index (χ0n) is 12.8. The van der Waals surface area contributed by atoms with Crippen LogP contribution in [0.15, 0.2) is 23.0 Å². The molecule has 1 heterocycles. The summed E-state index contributed by atoms with van der Waals surface area (Å²) in [5, 5.41) is 0.612. The smallest absolute Gasteiger partial charge is 0.253 e. The van der Waals surface area contributed by atoms with E-state index in [1.54, 1.807) is 13.0 Å². The number of H-pyrrole nitrogens is 1. The number of pyridine rings is 1. The van der Waals surface area contributed by atoms with Gasteiger partial charge in [-0.2, -0.15) is 0 Å². The molecule has 0 spiro atoms. The quantitative estimate of drug-likeness (QED) is 0.838. The molecule has 0 aliphatic rings. The van der Waals surface area contributed by atoms with E-state index in [0.717, 1.165) is 0 Å². The van der Waals surface area contributed by atoms with Crippen LogP contribution in [0, 0.1) is 5.82 Å². The highest BCUT2D eigenvalue weighted by Crippen LogP contribution is 2.23. The highest BCUT2D eigenvalue weighted by molar-refractivity contribution is 7.90. The van der Waals surface area contributed by atoms with Gasteiger partial charge in [0.05, 0.1) is 16.6 Å². The average molecular weight is 345 g/mol. The first-order chi connectivity index (χ1) is 10.1. The molecule has 2 rings (SSSR count). The Morgan fingerprint density at radius 1 is 1.36 bits per heavy atom. The van der Waals surface area contributed by atoms with Gasteiger partial charge in [0.15, 0.2) is 0 Å². The minimum absolute atomic E-state index is 0.00983. The Morgan fingerprint density at radius 3 is 2.59 bits per heavy atom. The van der Waals surface area contributed by atoms with Crippen LogP contribution in [0.2, 0.25) is 5.02 Å². The minimum atomic E-state index is -1.31. The normalized spacial score (nSPS) is 15.0. The van der Waals surface area contributed by atoms with E-state index < -0.39 is 28.0 Å². The summed E-state index contributed by atoms with van der Waals surface area (Å²) in [5.74, 6) is -0.586. The number of fused-ring (bicyclic) bond motifs is 1. The molecule has 2 N–H and O–H groups in total. The summed E-state index contributed by atoms with van der Waals surface area (Å²) in [6, 6.07) is 3.86. The molecule has 0 aliphatic heterocycles. The van der Waals surface area contributed by atoms with Crippen LogP contribution in [-0.4, -0.2) is 14.3 Å². The van der Waals surface area contributed by atoms with Crippen LogP contribution in [0.1, 0.15) is 39.3 Å². The number of hydrogen-bond donors (Lipinski definition) is 2. The standard InChI is InChI=1S/C15H18ClFN2O2S/c1-8(19-22(21)15(2,3)4)10-5-9-6-11(16)12(17)7-13(9)18-14(10)20/h5-8,19H,1-4H3,(H,18,20)/t8?,22-/m1/s1. The minimum Gasteiger partial charge on any atom is -0.598 e. The molecule has 1 aromatic carbocycles. The lowest BCUT2D eigenvalue weighted by Gasteiger charge is -2.26. The first-order valence-corrected chi connectivity index (χ1v) is 8.32. The van der Waals surface area contributed by atoms with Gasteiger partial charge in [0.1, 0.15) is 10.6 Å². The Balaban J connectivity index is 2.41. The molecule has 0 saturated carbocycles. The third kappa shape index (κ3) is 3.63. The van der Waals surface area contributed by atoms with Crippen LogP contribution in [0.3, 0.4) is 0 Å². The topological polar surface area (TPSA) is 67.9 Å². The van der Waals surface area contributed by atoms with Gasteiger partial charge in [0.25, 0.3) is 5.56 Å². The van der Waals surface area contributed by atoms with Crippen molar-refractivity contribution in [2.24, 2.45) is 0 Å². The molecule has 4 nitrogen and oxygen atoms in total. The first kappa shape index (κ1) is 17.3. The summed E-state index contributed by atoms with van der Waals surface area (Å²) in [6.45, 7) is 7.28. The number of aromatic amines is 1. The van der Waals surface area contributed by atoms with Crippen molar-refractivity contribution in [2.45, 2.75) is 38.5 Å². The Hall–Kier alpha value is -1.08. The Bertz CT molecular complexity index is 758. The fourth-order valence-electron chi connectivity index (χ4n) is 1.94. The van der Waals surface area contributed by atoms with Gasteiger partial charge in [0, 0.05) is 22.3 Å². The first-order valence-electron chi connectivity index (χ1n) is 6.79. The van der Waals surface area contributed by atoms with E-state index in [1.165, 1.54) is 12.1 Å². The molecule has 1 unspecified atom stereocenters. The lowest BCUT2D eigenvalue weighted by Crippen LogP contribution is -2.41. The molecule has 0 radical (unpaired) electrons. The van der Waals surface area contributed by atoms with Crippen molar-refractivity contribution in [2.75, 3.05) is 0 Å².